The minimum Gasteiger partial charge on any atom is -0.493 e. The van der Waals surface area contributed by atoms with Crippen LogP contribution in [0.5, 0.6) is 11.5 Å². The molecule has 0 saturated heterocycles. The summed E-state index contributed by atoms with van der Waals surface area (Å²) in [5.74, 6) is 1.38. The van der Waals surface area contributed by atoms with Gasteiger partial charge in [-0.2, -0.15) is 0 Å². The second-order valence-corrected chi connectivity index (χ2v) is 5.59. The lowest BCUT2D eigenvalue weighted by Crippen LogP contribution is -2.25. The molecule has 1 aliphatic heterocycles. The number of amides is 1. The Morgan fingerprint density at radius 1 is 1.13 bits per heavy atom. The average molecular weight is 311 g/mol. The second-order valence-electron chi connectivity index (χ2n) is 5.59. The molecule has 0 fully saturated rings. The molecule has 4 nitrogen and oxygen atoms in total. The predicted molar refractivity (Wildman–Crippen MR) is 90.5 cm³/mol. The SMILES string of the molecule is CCOc1c(C[C@@H]2C(=O)N(C)c3ccccc32)cccc1OC. The number of likely N-dealkylation sites (N-methyl/N-ethyl adjacent to an activating group) is 1. The summed E-state index contributed by atoms with van der Waals surface area (Å²) in [4.78, 5) is 14.4. The van der Waals surface area contributed by atoms with Crippen LogP contribution < -0.4 is 14.4 Å². The van der Waals surface area contributed by atoms with Crippen molar-refractivity contribution in [1.29, 1.82) is 0 Å². The first-order valence-corrected chi connectivity index (χ1v) is 7.82. The van der Waals surface area contributed by atoms with E-state index in [0.29, 0.717) is 18.8 Å². The van der Waals surface area contributed by atoms with Gasteiger partial charge >= 0.3 is 0 Å². The van der Waals surface area contributed by atoms with Gasteiger partial charge < -0.3 is 14.4 Å². The summed E-state index contributed by atoms with van der Waals surface area (Å²) < 4.78 is 11.2. The number of hydrogen-bond acceptors (Lipinski definition) is 3. The van der Waals surface area contributed by atoms with E-state index in [1.54, 1.807) is 12.0 Å². The van der Waals surface area contributed by atoms with Gasteiger partial charge in [0, 0.05) is 12.7 Å². The monoisotopic (exact) mass is 311 g/mol. The summed E-state index contributed by atoms with van der Waals surface area (Å²) in [6.07, 6.45) is 0.604. The van der Waals surface area contributed by atoms with E-state index in [0.717, 1.165) is 22.6 Å². The van der Waals surface area contributed by atoms with E-state index in [1.165, 1.54) is 0 Å². The van der Waals surface area contributed by atoms with E-state index < -0.39 is 0 Å². The number of carbonyl (C=O) groups excluding carboxylic acids is 1. The summed E-state index contributed by atoms with van der Waals surface area (Å²) in [6, 6.07) is 13.8. The van der Waals surface area contributed by atoms with Gasteiger partial charge in [-0.05, 0) is 36.6 Å². The van der Waals surface area contributed by atoms with Crippen molar-refractivity contribution < 1.29 is 14.3 Å². The molecule has 0 N–H and O–H groups in total. The molecule has 1 atom stereocenters. The van der Waals surface area contributed by atoms with E-state index in [2.05, 4.69) is 0 Å². The van der Waals surface area contributed by atoms with Gasteiger partial charge in [0.1, 0.15) is 0 Å². The Bertz CT molecular complexity index is 726. The number of hydrogen-bond donors (Lipinski definition) is 0. The molecule has 23 heavy (non-hydrogen) atoms. The van der Waals surface area contributed by atoms with Gasteiger partial charge in [0.05, 0.1) is 19.6 Å². The Morgan fingerprint density at radius 2 is 1.91 bits per heavy atom. The maximum Gasteiger partial charge on any atom is 0.234 e. The van der Waals surface area contributed by atoms with Crippen molar-refractivity contribution in [1.82, 2.24) is 0 Å². The zero-order valence-electron chi connectivity index (χ0n) is 13.7. The van der Waals surface area contributed by atoms with Crippen molar-refractivity contribution in [3.8, 4) is 11.5 Å². The van der Waals surface area contributed by atoms with Crippen molar-refractivity contribution in [3.05, 3.63) is 53.6 Å². The molecule has 0 radical (unpaired) electrons. The molecule has 2 aromatic carbocycles. The topological polar surface area (TPSA) is 38.8 Å². The molecule has 2 aromatic rings. The van der Waals surface area contributed by atoms with E-state index in [1.807, 2.05) is 56.4 Å². The summed E-state index contributed by atoms with van der Waals surface area (Å²) >= 11 is 0. The van der Waals surface area contributed by atoms with Crippen LogP contribution in [0.15, 0.2) is 42.5 Å². The number of para-hydroxylation sites is 2. The number of nitrogens with zero attached hydrogens (tertiary/aromatic N) is 1. The number of carbonyl (C=O) groups is 1. The van der Waals surface area contributed by atoms with Crippen molar-refractivity contribution in [2.24, 2.45) is 0 Å². The molecule has 1 amide bonds. The van der Waals surface area contributed by atoms with E-state index in [9.17, 15) is 4.79 Å². The summed E-state index contributed by atoms with van der Waals surface area (Å²) in [5.41, 5.74) is 3.06. The van der Waals surface area contributed by atoms with Crippen LogP contribution in [0.1, 0.15) is 24.0 Å². The Morgan fingerprint density at radius 3 is 2.65 bits per heavy atom. The highest BCUT2D eigenvalue weighted by Crippen LogP contribution is 2.41. The number of benzene rings is 2. The van der Waals surface area contributed by atoms with Crippen molar-refractivity contribution in [3.63, 3.8) is 0 Å². The molecule has 4 heteroatoms. The zero-order valence-corrected chi connectivity index (χ0v) is 13.7. The Balaban J connectivity index is 1.98. The fourth-order valence-electron chi connectivity index (χ4n) is 3.18. The van der Waals surface area contributed by atoms with Gasteiger partial charge in [0.15, 0.2) is 11.5 Å². The van der Waals surface area contributed by atoms with E-state index >= 15 is 0 Å². The fraction of sp³-hybridized carbons (Fsp3) is 0.316. The minimum atomic E-state index is -0.178. The van der Waals surface area contributed by atoms with Gasteiger partial charge in [-0.3, -0.25) is 4.79 Å². The fourth-order valence-corrected chi connectivity index (χ4v) is 3.18. The third kappa shape index (κ3) is 2.65. The van der Waals surface area contributed by atoms with Crippen LogP contribution in [0, 0.1) is 0 Å². The third-order valence-corrected chi connectivity index (χ3v) is 4.30. The standard InChI is InChI=1S/C19H21NO3/c1-4-23-18-13(8-7-11-17(18)22-3)12-15-14-9-5-6-10-16(14)20(2)19(15)21/h5-11,15H,4,12H2,1-3H3/t15-/m0/s1. The molecule has 1 aliphatic rings. The molecule has 0 unspecified atom stereocenters. The van der Waals surface area contributed by atoms with Gasteiger partial charge in [-0.15, -0.1) is 0 Å². The molecule has 0 aliphatic carbocycles. The molecule has 0 saturated carbocycles. The van der Waals surface area contributed by atoms with Crippen LogP contribution >= 0.6 is 0 Å². The van der Waals surface area contributed by atoms with Crippen LogP contribution in [0.4, 0.5) is 5.69 Å². The lowest BCUT2D eigenvalue weighted by Gasteiger charge is -2.16. The number of anilines is 1. The Hall–Kier alpha value is -2.49. The maximum absolute atomic E-state index is 12.6. The third-order valence-electron chi connectivity index (χ3n) is 4.30. The van der Waals surface area contributed by atoms with E-state index in [-0.39, 0.29) is 11.8 Å². The molecule has 0 bridgehead atoms. The molecule has 0 spiro atoms. The first-order valence-electron chi connectivity index (χ1n) is 7.82. The van der Waals surface area contributed by atoms with Crippen LogP contribution in [0.2, 0.25) is 0 Å². The van der Waals surface area contributed by atoms with Crippen molar-refractivity contribution >= 4 is 11.6 Å². The van der Waals surface area contributed by atoms with Gasteiger partial charge in [-0.1, -0.05) is 30.3 Å². The number of methoxy groups -OCH3 is 1. The second kappa shape index (κ2) is 6.32. The smallest absolute Gasteiger partial charge is 0.234 e. The highest BCUT2D eigenvalue weighted by Gasteiger charge is 2.35. The number of ether oxygens (including phenoxy) is 2. The maximum atomic E-state index is 12.6. The molecule has 1 heterocycles. The largest absolute Gasteiger partial charge is 0.493 e. The van der Waals surface area contributed by atoms with Gasteiger partial charge in [0.2, 0.25) is 5.91 Å². The predicted octanol–water partition coefficient (Wildman–Crippen LogP) is 3.40. The Labute approximate surface area is 136 Å². The van der Waals surface area contributed by atoms with E-state index in [4.69, 9.17) is 9.47 Å². The normalized spacial score (nSPS) is 16.4. The molecule has 120 valence electrons. The zero-order chi connectivity index (χ0) is 16.4. The highest BCUT2D eigenvalue weighted by atomic mass is 16.5. The first kappa shape index (κ1) is 15.4. The Kier molecular flexibility index (Phi) is 4.24. The highest BCUT2D eigenvalue weighted by molar-refractivity contribution is 6.04. The molecule has 0 aromatic heterocycles. The van der Waals surface area contributed by atoms with Gasteiger partial charge in [-0.25, -0.2) is 0 Å². The summed E-state index contributed by atoms with van der Waals surface area (Å²) in [6.45, 7) is 2.50. The van der Waals surface area contributed by atoms with Crippen molar-refractivity contribution in [2.75, 3.05) is 25.7 Å². The molecular formula is C19H21NO3. The number of rotatable bonds is 5. The van der Waals surface area contributed by atoms with Crippen LogP contribution in [0.25, 0.3) is 0 Å². The molecule has 3 rings (SSSR count). The number of fused-ring (bicyclic) bond motifs is 1. The van der Waals surface area contributed by atoms with Crippen LogP contribution in [-0.2, 0) is 11.2 Å². The minimum absolute atomic E-state index is 0.122. The molecular weight excluding hydrogens is 290 g/mol. The summed E-state index contributed by atoms with van der Waals surface area (Å²) in [5, 5.41) is 0. The lowest BCUT2D eigenvalue weighted by atomic mass is 9.92. The first-order chi connectivity index (χ1) is 11.2. The lowest BCUT2D eigenvalue weighted by molar-refractivity contribution is -0.119. The van der Waals surface area contributed by atoms with Crippen LogP contribution in [-0.4, -0.2) is 26.7 Å². The quantitative estimate of drug-likeness (QED) is 0.849. The average Bonchev–Trinajstić information content (AvgIpc) is 2.82. The van der Waals surface area contributed by atoms with Crippen molar-refractivity contribution in [2.45, 2.75) is 19.3 Å². The van der Waals surface area contributed by atoms with Crippen LogP contribution in [0.3, 0.4) is 0 Å². The van der Waals surface area contributed by atoms with Gasteiger partial charge in [0.25, 0.3) is 0 Å². The summed E-state index contributed by atoms with van der Waals surface area (Å²) in [7, 11) is 3.46.